The second kappa shape index (κ2) is 5.65. The zero-order valence-electron chi connectivity index (χ0n) is 12.1. The van der Waals surface area contributed by atoms with Crippen LogP contribution in [0, 0.1) is 5.92 Å². The van der Waals surface area contributed by atoms with Gasteiger partial charge in [-0.05, 0) is 28.7 Å². The molecule has 0 aromatic heterocycles. The van der Waals surface area contributed by atoms with Crippen molar-refractivity contribution < 1.29 is 13.6 Å². The molecular weight excluding hydrogens is 286 g/mol. The number of hydrogen-bond donors (Lipinski definition) is 2. The molecule has 22 heavy (non-hydrogen) atoms. The topological polar surface area (TPSA) is 55.1 Å². The van der Waals surface area contributed by atoms with Crippen LogP contribution in [0.3, 0.4) is 0 Å². The van der Waals surface area contributed by atoms with Crippen molar-refractivity contribution in [2.24, 2.45) is 11.7 Å². The predicted octanol–water partition coefficient (Wildman–Crippen LogP) is 2.65. The molecule has 1 amide bonds. The number of fused-ring (bicyclic) bond motifs is 1. The molecule has 0 radical (unpaired) electrons. The lowest BCUT2D eigenvalue weighted by atomic mass is 10.00. The summed E-state index contributed by atoms with van der Waals surface area (Å²) in [6, 6.07) is 14.0. The lowest BCUT2D eigenvalue weighted by Gasteiger charge is -2.14. The fourth-order valence-electron chi connectivity index (χ4n) is 2.82. The summed E-state index contributed by atoms with van der Waals surface area (Å²) in [6.07, 6.45) is 0.702. The summed E-state index contributed by atoms with van der Waals surface area (Å²) in [7, 11) is 0. The molecule has 1 saturated carbocycles. The summed E-state index contributed by atoms with van der Waals surface area (Å²) in [5, 5.41) is 4.56. The van der Waals surface area contributed by atoms with Crippen molar-refractivity contribution in [3.63, 3.8) is 0 Å². The van der Waals surface area contributed by atoms with Crippen molar-refractivity contribution in [1.29, 1.82) is 0 Å². The minimum Gasteiger partial charge on any atom is -0.350 e. The Morgan fingerprint density at radius 1 is 1.23 bits per heavy atom. The van der Waals surface area contributed by atoms with Gasteiger partial charge in [-0.25, -0.2) is 8.78 Å². The van der Waals surface area contributed by atoms with E-state index in [9.17, 15) is 13.6 Å². The van der Waals surface area contributed by atoms with E-state index < -0.39 is 19.0 Å². The molecule has 5 heteroatoms. The second-order valence-electron chi connectivity index (χ2n) is 5.79. The van der Waals surface area contributed by atoms with E-state index in [-0.39, 0.29) is 17.7 Å². The largest absolute Gasteiger partial charge is 0.350 e. The molecule has 0 spiro atoms. The van der Waals surface area contributed by atoms with Gasteiger partial charge >= 0.3 is 0 Å². The van der Waals surface area contributed by atoms with Crippen LogP contribution < -0.4 is 11.1 Å². The summed E-state index contributed by atoms with van der Waals surface area (Å²) >= 11 is 0. The molecule has 0 saturated heterocycles. The minimum absolute atomic E-state index is 0.109. The fourth-order valence-corrected chi connectivity index (χ4v) is 2.82. The maximum Gasteiger partial charge on any atom is 0.277 e. The number of nitrogens with one attached hydrogen (secondary N) is 1. The highest BCUT2D eigenvalue weighted by Gasteiger charge is 2.45. The highest BCUT2D eigenvalue weighted by molar-refractivity contribution is 5.89. The first-order chi connectivity index (χ1) is 10.5. The van der Waals surface area contributed by atoms with E-state index in [2.05, 4.69) is 5.32 Å². The monoisotopic (exact) mass is 304 g/mol. The van der Waals surface area contributed by atoms with Gasteiger partial charge in [-0.1, -0.05) is 42.5 Å². The van der Waals surface area contributed by atoms with Gasteiger partial charge < -0.3 is 11.1 Å². The number of carbonyl (C=O) groups is 1. The Bertz CT molecular complexity index is 697. The third-order valence-electron chi connectivity index (χ3n) is 4.17. The zero-order chi connectivity index (χ0) is 15.7. The average Bonchev–Trinajstić information content (AvgIpc) is 3.33. The molecule has 1 fully saturated rings. The van der Waals surface area contributed by atoms with Crippen molar-refractivity contribution in [2.45, 2.75) is 18.3 Å². The quantitative estimate of drug-likeness (QED) is 0.892. The number of amides is 1. The van der Waals surface area contributed by atoms with Gasteiger partial charge in [-0.15, -0.1) is 0 Å². The molecule has 2 unspecified atom stereocenters. The number of halogens is 2. The SMILES string of the molecule is NCC(F)(F)CNC(=O)C1CC1c1cccc2ccccc12. The maximum atomic E-state index is 13.1. The average molecular weight is 304 g/mol. The molecule has 116 valence electrons. The lowest BCUT2D eigenvalue weighted by Crippen LogP contribution is -2.42. The number of rotatable bonds is 5. The van der Waals surface area contributed by atoms with Gasteiger partial charge in [0.05, 0.1) is 13.1 Å². The van der Waals surface area contributed by atoms with Crippen LogP contribution in [-0.4, -0.2) is 24.9 Å². The number of carbonyl (C=O) groups excluding carboxylic acids is 1. The summed E-state index contributed by atoms with van der Waals surface area (Å²) in [5.41, 5.74) is 6.08. The number of benzene rings is 2. The zero-order valence-corrected chi connectivity index (χ0v) is 12.1. The van der Waals surface area contributed by atoms with Gasteiger partial charge in [0.15, 0.2) is 0 Å². The van der Waals surface area contributed by atoms with Crippen molar-refractivity contribution in [2.75, 3.05) is 13.1 Å². The molecule has 1 aliphatic rings. The normalized spacial score (nSPS) is 20.9. The Kier molecular flexibility index (Phi) is 3.83. The molecule has 0 aliphatic heterocycles. The van der Waals surface area contributed by atoms with Crippen molar-refractivity contribution in [3.05, 3.63) is 48.0 Å². The summed E-state index contributed by atoms with van der Waals surface area (Å²) in [4.78, 5) is 12.0. The third-order valence-corrected chi connectivity index (χ3v) is 4.17. The van der Waals surface area contributed by atoms with E-state index in [1.165, 1.54) is 0 Å². The second-order valence-corrected chi connectivity index (χ2v) is 5.79. The summed E-state index contributed by atoms with van der Waals surface area (Å²) in [5.74, 6) is -3.47. The van der Waals surface area contributed by atoms with E-state index in [1.807, 2.05) is 42.5 Å². The number of hydrogen-bond acceptors (Lipinski definition) is 2. The predicted molar refractivity (Wildman–Crippen MR) is 81.8 cm³/mol. The van der Waals surface area contributed by atoms with Crippen LogP contribution in [0.2, 0.25) is 0 Å². The van der Waals surface area contributed by atoms with Crippen LogP contribution in [0.4, 0.5) is 8.78 Å². The van der Waals surface area contributed by atoms with E-state index in [0.29, 0.717) is 6.42 Å². The fraction of sp³-hybridized carbons (Fsp3) is 0.353. The van der Waals surface area contributed by atoms with Crippen LogP contribution in [0.25, 0.3) is 10.8 Å². The Hall–Kier alpha value is -2.01. The van der Waals surface area contributed by atoms with E-state index >= 15 is 0 Å². The molecule has 0 bridgehead atoms. The molecule has 0 heterocycles. The van der Waals surface area contributed by atoms with Gasteiger partial charge in [0.1, 0.15) is 0 Å². The molecule has 3 nitrogen and oxygen atoms in total. The Balaban J connectivity index is 1.70. The van der Waals surface area contributed by atoms with Crippen LogP contribution in [0.1, 0.15) is 17.9 Å². The van der Waals surface area contributed by atoms with E-state index in [1.54, 1.807) is 0 Å². The molecule has 3 rings (SSSR count). The van der Waals surface area contributed by atoms with E-state index in [4.69, 9.17) is 5.73 Å². The van der Waals surface area contributed by atoms with Gasteiger partial charge in [0, 0.05) is 5.92 Å². The minimum atomic E-state index is -3.04. The molecular formula is C17H18F2N2O. The highest BCUT2D eigenvalue weighted by Crippen LogP contribution is 2.49. The van der Waals surface area contributed by atoms with Crippen molar-refractivity contribution >= 4 is 16.7 Å². The summed E-state index contributed by atoms with van der Waals surface area (Å²) < 4.78 is 26.2. The van der Waals surface area contributed by atoms with Gasteiger partial charge in [0.25, 0.3) is 5.92 Å². The first kappa shape index (κ1) is 14.9. The Morgan fingerprint density at radius 3 is 2.73 bits per heavy atom. The van der Waals surface area contributed by atoms with Gasteiger partial charge in [-0.3, -0.25) is 4.79 Å². The van der Waals surface area contributed by atoms with Crippen LogP contribution in [-0.2, 0) is 4.79 Å². The molecule has 2 atom stereocenters. The van der Waals surface area contributed by atoms with Crippen LogP contribution in [0.15, 0.2) is 42.5 Å². The standard InChI is InChI=1S/C17H18F2N2O/c18-17(19,9-20)10-21-16(22)15-8-14(15)13-7-3-5-11-4-1-2-6-12(11)13/h1-7,14-15H,8-10,20H2,(H,21,22). The highest BCUT2D eigenvalue weighted by atomic mass is 19.3. The van der Waals surface area contributed by atoms with Crippen molar-refractivity contribution in [1.82, 2.24) is 5.32 Å². The molecule has 1 aliphatic carbocycles. The van der Waals surface area contributed by atoms with Crippen LogP contribution >= 0.6 is 0 Å². The summed E-state index contributed by atoms with van der Waals surface area (Å²) in [6.45, 7) is -1.45. The Morgan fingerprint density at radius 2 is 1.95 bits per heavy atom. The smallest absolute Gasteiger partial charge is 0.277 e. The molecule has 3 N–H and O–H groups in total. The lowest BCUT2D eigenvalue weighted by molar-refractivity contribution is -0.124. The number of alkyl halides is 2. The Labute approximate surface area is 127 Å². The van der Waals surface area contributed by atoms with Gasteiger partial charge in [-0.2, -0.15) is 0 Å². The maximum absolute atomic E-state index is 13.1. The first-order valence-corrected chi connectivity index (χ1v) is 7.35. The first-order valence-electron chi connectivity index (χ1n) is 7.35. The van der Waals surface area contributed by atoms with Crippen molar-refractivity contribution in [3.8, 4) is 0 Å². The molecule has 2 aromatic carbocycles. The third kappa shape index (κ3) is 2.95. The van der Waals surface area contributed by atoms with Gasteiger partial charge in [0.2, 0.25) is 5.91 Å². The van der Waals surface area contributed by atoms with Crippen LogP contribution in [0.5, 0.6) is 0 Å². The number of nitrogens with two attached hydrogens (primary N) is 1. The molecule has 2 aromatic rings. The van der Waals surface area contributed by atoms with E-state index in [0.717, 1.165) is 16.3 Å².